The van der Waals surface area contributed by atoms with Crippen LogP contribution in [0.4, 0.5) is 0 Å². The van der Waals surface area contributed by atoms with E-state index in [-0.39, 0.29) is 0 Å². The first-order valence-electron chi connectivity index (χ1n) is 7.16. The lowest BCUT2D eigenvalue weighted by Gasteiger charge is -2.19. The number of hydrogen-bond acceptors (Lipinski definition) is 3. The lowest BCUT2D eigenvalue weighted by atomic mass is 10.1. The van der Waals surface area contributed by atoms with Crippen LogP contribution >= 0.6 is 11.3 Å². The maximum atomic E-state index is 4.70. The minimum Gasteiger partial charge on any atom is -0.357 e. The molecular weight excluding hydrogens is 264 g/mol. The van der Waals surface area contributed by atoms with Crippen molar-refractivity contribution in [1.29, 1.82) is 0 Å². The number of thiophene rings is 1. The number of rotatable bonds is 4. The van der Waals surface area contributed by atoms with E-state index in [0.29, 0.717) is 5.92 Å². The molecule has 0 atom stereocenters. The van der Waals surface area contributed by atoms with Crippen molar-refractivity contribution in [1.82, 2.24) is 4.90 Å². The van der Waals surface area contributed by atoms with Crippen molar-refractivity contribution < 1.29 is 0 Å². The van der Waals surface area contributed by atoms with Crippen molar-refractivity contribution in [3.8, 4) is 0 Å². The Bertz CT molecular complexity index is 686. The molecule has 1 aromatic heterocycles. The van der Waals surface area contributed by atoms with Crippen LogP contribution in [0.1, 0.15) is 30.2 Å². The molecule has 20 heavy (non-hydrogen) atoms. The predicted molar refractivity (Wildman–Crippen MR) is 85.4 cm³/mol. The van der Waals surface area contributed by atoms with Crippen LogP contribution in [0.5, 0.6) is 0 Å². The van der Waals surface area contributed by atoms with Crippen LogP contribution in [0, 0.1) is 0 Å². The van der Waals surface area contributed by atoms with Crippen LogP contribution < -0.4 is 9.89 Å². The van der Waals surface area contributed by atoms with Gasteiger partial charge in [0.2, 0.25) is 0 Å². The van der Waals surface area contributed by atoms with E-state index < -0.39 is 0 Å². The first kappa shape index (κ1) is 13.4. The summed E-state index contributed by atoms with van der Waals surface area (Å²) in [6.45, 7) is 6.30. The Morgan fingerprint density at radius 2 is 2.05 bits per heavy atom. The molecule has 0 fully saturated rings. The second-order valence-corrected chi connectivity index (χ2v) is 6.60. The molecule has 1 aliphatic rings. The van der Waals surface area contributed by atoms with Crippen LogP contribution in [0.25, 0.3) is 6.20 Å². The van der Waals surface area contributed by atoms with Gasteiger partial charge in [-0.25, -0.2) is 0 Å². The fraction of sp³-hybridized carbons (Fsp3) is 0.353. The molecule has 0 N–H and O–H groups in total. The average molecular weight is 284 g/mol. The minimum atomic E-state index is 0.590. The Hall–Kier alpha value is -1.61. The van der Waals surface area contributed by atoms with Gasteiger partial charge in [-0.05, 0) is 24.0 Å². The number of nitrogens with zero attached hydrogens (tertiary/aromatic N) is 2. The summed E-state index contributed by atoms with van der Waals surface area (Å²) in [5, 5.41) is 1.29. The van der Waals surface area contributed by atoms with Gasteiger partial charge in [0.25, 0.3) is 0 Å². The zero-order valence-corrected chi connectivity index (χ0v) is 12.9. The van der Waals surface area contributed by atoms with Gasteiger partial charge < -0.3 is 4.90 Å². The normalized spacial score (nSPS) is 13.8. The SMILES string of the molecule is CC(C)c1cc2c(s1)=NCN(CCc1ccccc1)C=2. The van der Waals surface area contributed by atoms with E-state index in [1.54, 1.807) is 0 Å². The van der Waals surface area contributed by atoms with Crippen molar-refractivity contribution in [2.75, 3.05) is 13.2 Å². The fourth-order valence-corrected chi connectivity index (χ4v) is 3.36. The Morgan fingerprint density at radius 3 is 2.80 bits per heavy atom. The summed E-state index contributed by atoms with van der Waals surface area (Å²) < 4.78 is 1.20. The Labute approximate surface area is 124 Å². The van der Waals surface area contributed by atoms with Crippen LogP contribution in [-0.4, -0.2) is 18.1 Å². The van der Waals surface area contributed by atoms with Gasteiger partial charge in [-0.2, -0.15) is 0 Å². The maximum Gasteiger partial charge on any atom is 0.121 e. The standard InChI is InChI=1S/C17H20N2S/c1-13(2)16-10-15-11-19(12-18-17(15)20-16)9-8-14-6-4-3-5-7-14/h3-7,10-11,13H,8-9,12H2,1-2H3. The molecule has 0 saturated heterocycles. The summed E-state index contributed by atoms with van der Waals surface area (Å²) in [6, 6.07) is 12.9. The molecule has 0 bridgehead atoms. The number of hydrogen-bond donors (Lipinski definition) is 0. The van der Waals surface area contributed by atoms with Crippen LogP contribution in [0.3, 0.4) is 0 Å². The number of fused-ring (bicyclic) bond motifs is 1. The first-order chi connectivity index (χ1) is 9.72. The van der Waals surface area contributed by atoms with Gasteiger partial charge in [-0.1, -0.05) is 44.2 Å². The molecule has 2 heterocycles. The van der Waals surface area contributed by atoms with Gasteiger partial charge in [0, 0.05) is 22.8 Å². The average Bonchev–Trinajstić information content (AvgIpc) is 2.89. The van der Waals surface area contributed by atoms with Crippen molar-refractivity contribution in [3.05, 3.63) is 56.7 Å². The highest BCUT2D eigenvalue weighted by Crippen LogP contribution is 2.15. The van der Waals surface area contributed by atoms with Gasteiger partial charge in [-0.3, -0.25) is 4.99 Å². The van der Waals surface area contributed by atoms with Gasteiger partial charge in [-0.15, -0.1) is 11.3 Å². The highest BCUT2D eigenvalue weighted by molar-refractivity contribution is 7.09. The summed E-state index contributed by atoms with van der Waals surface area (Å²) in [5.41, 5.74) is 1.39. The van der Waals surface area contributed by atoms with E-state index in [4.69, 9.17) is 4.99 Å². The van der Waals surface area contributed by atoms with E-state index in [1.807, 2.05) is 11.3 Å². The van der Waals surface area contributed by atoms with Crippen molar-refractivity contribution in [2.24, 2.45) is 4.99 Å². The topological polar surface area (TPSA) is 15.6 Å². The van der Waals surface area contributed by atoms with Gasteiger partial charge in [0.05, 0.1) is 0 Å². The highest BCUT2D eigenvalue weighted by Gasteiger charge is 2.09. The maximum absolute atomic E-state index is 4.70. The molecule has 1 aromatic carbocycles. The Balaban J connectivity index is 1.72. The monoisotopic (exact) mass is 284 g/mol. The molecule has 104 valence electrons. The van der Waals surface area contributed by atoms with E-state index in [2.05, 4.69) is 61.3 Å². The molecular formula is C17H20N2S. The van der Waals surface area contributed by atoms with Gasteiger partial charge in [0.1, 0.15) is 11.3 Å². The molecule has 3 rings (SSSR count). The van der Waals surface area contributed by atoms with Crippen LogP contribution in [-0.2, 0) is 6.42 Å². The largest absolute Gasteiger partial charge is 0.357 e. The molecule has 2 nitrogen and oxygen atoms in total. The molecule has 2 aromatic rings. The van der Waals surface area contributed by atoms with Gasteiger partial charge in [0.15, 0.2) is 0 Å². The third-order valence-electron chi connectivity index (χ3n) is 3.58. The molecule has 3 heteroatoms. The summed E-state index contributed by atoms with van der Waals surface area (Å²) in [6.07, 6.45) is 3.34. The molecule has 0 unspecified atom stereocenters. The third-order valence-corrected chi connectivity index (χ3v) is 4.96. The first-order valence-corrected chi connectivity index (χ1v) is 7.98. The molecule has 0 spiro atoms. The second kappa shape index (κ2) is 5.80. The molecule has 0 amide bonds. The third kappa shape index (κ3) is 2.93. The van der Waals surface area contributed by atoms with Crippen LogP contribution in [0.15, 0.2) is 41.4 Å². The second-order valence-electron chi connectivity index (χ2n) is 5.54. The van der Waals surface area contributed by atoms with E-state index in [9.17, 15) is 0 Å². The lowest BCUT2D eigenvalue weighted by molar-refractivity contribution is 0.418. The van der Waals surface area contributed by atoms with E-state index in [1.165, 1.54) is 20.3 Å². The summed E-state index contributed by atoms with van der Waals surface area (Å²) in [4.78, 5) is 8.45. The molecule has 0 saturated carbocycles. The zero-order chi connectivity index (χ0) is 13.9. The van der Waals surface area contributed by atoms with E-state index >= 15 is 0 Å². The van der Waals surface area contributed by atoms with Crippen LogP contribution in [0.2, 0.25) is 0 Å². The van der Waals surface area contributed by atoms with Crippen molar-refractivity contribution in [3.63, 3.8) is 0 Å². The summed E-state index contributed by atoms with van der Waals surface area (Å²) in [5.74, 6) is 0.590. The predicted octanol–water partition coefficient (Wildman–Crippen LogP) is 2.74. The molecule has 0 aliphatic carbocycles. The van der Waals surface area contributed by atoms with Crippen molar-refractivity contribution >= 4 is 17.5 Å². The number of benzene rings is 1. The molecule has 0 radical (unpaired) electrons. The molecule has 1 aliphatic heterocycles. The quantitative estimate of drug-likeness (QED) is 0.843. The summed E-state index contributed by atoms with van der Waals surface area (Å²) in [7, 11) is 0. The smallest absolute Gasteiger partial charge is 0.121 e. The highest BCUT2D eigenvalue weighted by atomic mass is 32.1. The Morgan fingerprint density at radius 1 is 1.25 bits per heavy atom. The summed E-state index contributed by atoms with van der Waals surface area (Å²) >= 11 is 1.84. The lowest BCUT2D eigenvalue weighted by Crippen LogP contribution is -2.33. The van der Waals surface area contributed by atoms with E-state index in [0.717, 1.165) is 19.6 Å². The van der Waals surface area contributed by atoms with Gasteiger partial charge >= 0.3 is 0 Å². The zero-order valence-electron chi connectivity index (χ0n) is 12.0. The Kier molecular flexibility index (Phi) is 3.88. The fourth-order valence-electron chi connectivity index (χ4n) is 2.36. The minimum absolute atomic E-state index is 0.590. The van der Waals surface area contributed by atoms with Crippen molar-refractivity contribution in [2.45, 2.75) is 26.2 Å².